The van der Waals surface area contributed by atoms with Crippen LogP contribution in [0.4, 0.5) is 5.69 Å². The second-order valence-electron chi connectivity index (χ2n) is 5.70. The maximum atomic E-state index is 12.8. The van der Waals surface area contributed by atoms with Crippen LogP contribution in [0.5, 0.6) is 0 Å². The first-order valence-electron chi connectivity index (χ1n) is 7.47. The van der Waals surface area contributed by atoms with Crippen molar-refractivity contribution in [1.82, 2.24) is 4.90 Å². The van der Waals surface area contributed by atoms with Crippen LogP contribution >= 0.6 is 12.2 Å². The summed E-state index contributed by atoms with van der Waals surface area (Å²) in [7, 11) is 0. The van der Waals surface area contributed by atoms with Gasteiger partial charge in [-0.15, -0.1) is 0 Å². The van der Waals surface area contributed by atoms with Gasteiger partial charge in [-0.2, -0.15) is 0 Å². The van der Waals surface area contributed by atoms with Gasteiger partial charge in [0.15, 0.2) is 16.9 Å². The zero-order valence-electron chi connectivity index (χ0n) is 12.3. The first-order chi connectivity index (χ1) is 11.2. The number of rotatable bonds is 2. The summed E-state index contributed by atoms with van der Waals surface area (Å²) in [5, 5.41) is 0.408. The molecule has 0 bridgehead atoms. The van der Waals surface area contributed by atoms with Crippen LogP contribution < -0.4 is 4.90 Å². The number of benzene rings is 2. The predicted octanol–water partition coefficient (Wildman–Crippen LogP) is 2.70. The van der Waals surface area contributed by atoms with E-state index in [0.717, 1.165) is 5.56 Å². The van der Waals surface area contributed by atoms with E-state index in [-0.39, 0.29) is 17.7 Å². The van der Waals surface area contributed by atoms with E-state index in [1.807, 2.05) is 60.7 Å². The van der Waals surface area contributed by atoms with Crippen molar-refractivity contribution < 1.29 is 9.59 Å². The number of para-hydroxylation sites is 1. The van der Waals surface area contributed by atoms with Gasteiger partial charge in [-0.1, -0.05) is 48.5 Å². The molecule has 2 saturated heterocycles. The third-order valence-electron chi connectivity index (χ3n) is 4.38. The third-order valence-corrected chi connectivity index (χ3v) is 4.77. The normalized spacial score (nSPS) is 23.6. The molecule has 2 unspecified atom stereocenters. The number of nitrogens with zero attached hydrogens (tertiary/aromatic N) is 2. The molecule has 2 fully saturated rings. The van der Waals surface area contributed by atoms with Crippen LogP contribution in [0.3, 0.4) is 0 Å². The lowest BCUT2D eigenvalue weighted by molar-refractivity contribution is -0.127. The Morgan fingerprint density at radius 2 is 1.52 bits per heavy atom. The van der Waals surface area contributed by atoms with E-state index < -0.39 is 6.04 Å². The van der Waals surface area contributed by atoms with Crippen molar-refractivity contribution in [2.45, 2.75) is 18.5 Å². The van der Waals surface area contributed by atoms with E-state index in [0.29, 0.717) is 17.2 Å². The second kappa shape index (κ2) is 5.28. The standard InChI is InChI=1S/C18H14N2O2S/c21-15-11-14(12-7-3-1-4-8-12)20-16(15)17(22)19(18(20)23)13-9-5-2-6-10-13/h1-10,14,16H,11H2. The van der Waals surface area contributed by atoms with Gasteiger partial charge in [0.05, 0.1) is 11.7 Å². The fourth-order valence-corrected chi connectivity index (χ4v) is 3.76. The molecular weight excluding hydrogens is 308 g/mol. The molecule has 0 aliphatic carbocycles. The Morgan fingerprint density at radius 3 is 2.17 bits per heavy atom. The average Bonchev–Trinajstić information content (AvgIpc) is 3.06. The summed E-state index contributed by atoms with van der Waals surface area (Å²) >= 11 is 5.55. The molecule has 2 aliphatic heterocycles. The van der Waals surface area contributed by atoms with Crippen molar-refractivity contribution in [1.29, 1.82) is 0 Å². The number of Topliss-reactive ketones (excluding diaryl/α,β-unsaturated/α-hetero) is 1. The molecule has 2 atom stereocenters. The van der Waals surface area contributed by atoms with Gasteiger partial charge < -0.3 is 4.90 Å². The molecule has 0 aromatic heterocycles. The number of amides is 1. The number of anilines is 1. The molecule has 2 heterocycles. The topological polar surface area (TPSA) is 40.6 Å². The molecule has 0 radical (unpaired) electrons. The zero-order chi connectivity index (χ0) is 16.0. The minimum Gasteiger partial charge on any atom is -0.322 e. The smallest absolute Gasteiger partial charge is 0.263 e. The molecule has 4 rings (SSSR count). The minimum absolute atomic E-state index is 0.0652. The largest absolute Gasteiger partial charge is 0.322 e. The summed E-state index contributed by atoms with van der Waals surface area (Å²) in [5.74, 6) is -0.311. The van der Waals surface area contributed by atoms with E-state index in [2.05, 4.69) is 0 Å². The maximum absolute atomic E-state index is 12.8. The first kappa shape index (κ1) is 14.1. The summed E-state index contributed by atoms with van der Waals surface area (Å²) < 4.78 is 0. The van der Waals surface area contributed by atoms with E-state index in [1.165, 1.54) is 4.90 Å². The summed E-state index contributed by atoms with van der Waals surface area (Å²) in [6.07, 6.45) is 0.323. The van der Waals surface area contributed by atoms with Crippen LogP contribution in [0.1, 0.15) is 18.0 Å². The van der Waals surface area contributed by atoms with Crippen LogP contribution in [0.25, 0.3) is 0 Å². The molecule has 2 aliphatic rings. The Balaban J connectivity index is 1.75. The molecular formula is C18H14N2O2S. The maximum Gasteiger partial charge on any atom is 0.263 e. The monoisotopic (exact) mass is 322 g/mol. The molecule has 0 N–H and O–H groups in total. The van der Waals surface area contributed by atoms with Gasteiger partial charge in [0.1, 0.15) is 0 Å². The zero-order valence-corrected chi connectivity index (χ0v) is 13.1. The van der Waals surface area contributed by atoms with Crippen LogP contribution in [0.15, 0.2) is 60.7 Å². The quantitative estimate of drug-likeness (QED) is 0.630. The van der Waals surface area contributed by atoms with Gasteiger partial charge in [-0.25, -0.2) is 0 Å². The van der Waals surface area contributed by atoms with Crippen molar-refractivity contribution in [2.24, 2.45) is 0 Å². The van der Waals surface area contributed by atoms with Crippen molar-refractivity contribution >= 4 is 34.7 Å². The SMILES string of the molecule is O=C1CC(c2ccccc2)N2C(=S)N(c3ccccc3)C(=O)C12. The second-order valence-corrected chi connectivity index (χ2v) is 6.06. The molecule has 4 nitrogen and oxygen atoms in total. The summed E-state index contributed by atoms with van der Waals surface area (Å²) in [5.41, 5.74) is 1.71. The van der Waals surface area contributed by atoms with Gasteiger partial charge in [0.25, 0.3) is 5.91 Å². The van der Waals surface area contributed by atoms with Crippen molar-refractivity contribution in [3.05, 3.63) is 66.2 Å². The van der Waals surface area contributed by atoms with Gasteiger partial charge in [-0.3, -0.25) is 14.5 Å². The number of hydrogen-bond acceptors (Lipinski definition) is 3. The Morgan fingerprint density at radius 1 is 0.913 bits per heavy atom. The number of carbonyl (C=O) groups is 2. The van der Waals surface area contributed by atoms with Gasteiger partial charge in [-0.05, 0) is 29.9 Å². The van der Waals surface area contributed by atoms with Crippen molar-refractivity contribution in [3.8, 4) is 0 Å². The Labute approximate surface area is 139 Å². The molecule has 0 spiro atoms. The highest BCUT2D eigenvalue weighted by molar-refractivity contribution is 7.80. The highest BCUT2D eigenvalue weighted by atomic mass is 32.1. The lowest BCUT2D eigenvalue weighted by Crippen LogP contribution is -2.34. The van der Waals surface area contributed by atoms with E-state index in [4.69, 9.17) is 12.2 Å². The number of fused-ring (bicyclic) bond motifs is 1. The molecule has 5 heteroatoms. The fraction of sp³-hybridized carbons (Fsp3) is 0.167. The van der Waals surface area contributed by atoms with Crippen LogP contribution in [-0.2, 0) is 9.59 Å². The molecule has 1 amide bonds. The van der Waals surface area contributed by atoms with E-state index in [9.17, 15) is 9.59 Å². The van der Waals surface area contributed by atoms with E-state index >= 15 is 0 Å². The summed E-state index contributed by atoms with van der Waals surface area (Å²) in [6.45, 7) is 0. The molecule has 23 heavy (non-hydrogen) atoms. The van der Waals surface area contributed by atoms with Crippen LogP contribution in [0, 0.1) is 0 Å². The number of hydrogen-bond donors (Lipinski definition) is 0. The molecule has 2 aromatic carbocycles. The first-order valence-corrected chi connectivity index (χ1v) is 7.88. The molecule has 114 valence electrons. The Bertz CT molecular complexity index is 791. The van der Waals surface area contributed by atoms with E-state index in [1.54, 1.807) is 4.90 Å². The Hall–Kier alpha value is -2.53. The van der Waals surface area contributed by atoms with Gasteiger partial charge in [0.2, 0.25) is 0 Å². The van der Waals surface area contributed by atoms with Crippen molar-refractivity contribution in [3.63, 3.8) is 0 Å². The predicted molar refractivity (Wildman–Crippen MR) is 91.0 cm³/mol. The summed E-state index contributed by atoms with van der Waals surface area (Å²) in [4.78, 5) is 28.5. The van der Waals surface area contributed by atoms with Gasteiger partial charge in [0, 0.05) is 6.42 Å². The highest BCUT2D eigenvalue weighted by Gasteiger charge is 2.54. The average molecular weight is 322 g/mol. The van der Waals surface area contributed by atoms with Crippen LogP contribution in [-0.4, -0.2) is 27.7 Å². The lowest BCUT2D eigenvalue weighted by Gasteiger charge is -2.25. The third kappa shape index (κ3) is 2.08. The number of carbonyl (C=O) groups excluding carboxylic acids is 2. The Kier molecular flexibility index (Phi) is 3.23. The molecule has 2 aromatic rings. The van der Waals surface area contributed by atoms with Crippen LogP contribution in [0.2, 0.25) is 0 Å². The number of ketones is 1. The highest BCUT2D eigenvalue weighted by Crippen LogP contribution is 2.40. The fourth-order valence-electron chi connectivity index (χ4n) is 3.34. The number of thiocarbonyl (C=S) groups is 1. The van der Waals surface area contributed by atoms with Gasteiger partial charge >= 0.3 is 0 Å². The lowest BCUT2D eigenvalue weighted by atomic mass is 10.0. The van der Waals surface area contributed by atoms with Crippen molar-refractivity contribution in [2.75, 3.05) is 4.90 Å². The molecule has 0 saturated carbocycles. The minimum atomic E-state index is -0.784. The summed E-state index contributed by atoms with van der Waals surface area (Å²) in [6, 6.07) is 18.0.